The molecule has 0 heterocycles. The molecule has 0 N–H and O–H groups in total. The van der Waals surface area contributed by atoms with Crippen LogP contribution in [-0.2, 0) is 17.1 Å². The summed E-state index contributed by atoms with van der Waals surface area (Å²) in [4.78, 5) is 0. The van der Waals surface area contributed by atoms with Gasteiger partial charge < -0.3 is 0 Å². The van der Waals surface area contributed by atoms with Crippen LogP contribution in [0.2, 0.25) is 0 Å². The molecule has 0 unspecified atom stereocenters. The van der Waals surface area contributed by atoms with Gasteiger partial charge in [-0.3, -0.25) is 0 Å². The van der Waals surface area contributed by atoms with Crippen LogP contribution in [0.1, 0.15) is 0 Å². The van der Waals surface area contributed by atoms with Gasteiger partial charge in [-0.1, -0.05) is 0 Å². The van der Waals surface area contributed by atoms with Crippen molar-refractivity contribution in [1.82, 2.24) is 0 Å². The van der Waals surface area contributed by atoms with Gasteiger partial charge in [0.25, 0.3) is 0 Å². The summed E-state index contributed by atoms with van der Waals surface area (Å²) in [6, 6.07) is 8.79. The number of hydrogen-bond acceptors (Lipinski definition) is 0. The smallest absolute Gasteiger partial charge is 0 e. The van der Waals surface area contributed by atoms with Crippen molar-refractivity contribution in [2.45, 2.75) is 0 Å². The molecule has 64 valence electrons. The first kappa shape index (κ1) is 11.7. The van der Waals surface area contributed by atoms with Crippen molar-refractivity contribution in [2.75, 3.05) is 13.3 Å². The Hall–Kier alpha value is 0.712. The van der Waals surface area contributed by atoms with Crippen LogP contribution in [0.4, 0.5) is 0 Å². The quantitative estimate of drug-likeness (QED) is 0.502. The second-order valence-corrected chi connectivity index (χ2v) is 6.79. The van der Waals surface area contributed by atoms with E-state index in [1.54, 1.807) is 9.70 Å². The van der Waals surface area contributed by atoms with Crippen LogP contribution >= 0.6 is 7.92 Å². The largest absolute Gasteiger partial charge is 0 e. The van der Waals surface area contributed by atoms with Gasteiger partial charge in [0.1, 0.15) is 0 Å². The van der Waals surface area contributed by atoms with Gasteiger partial charge in [0.15, 0.2) is 0 Å². The maximum absolute atomic E-state index is 2.35. The van der Waals surface area contributed by atoms with Crippen LogP contribution in [-0.4, -0.2) is 29.8 Å². The normalized spacial score (nSPS) is 9.45. The van der Waals surface area contributed by atoms with Gasteiger partial charge in [0.05, 0.1) is 0 Å². The van der Waals surface area contributed by atoms with E-state index < -0.39 is 0 Å². The number of benzene rings is 1. The Morgan fingerprint density at radius 3 is 2.09 bits per heavy atom. The van der Waals surface area contributed by atoms with E-state index in [-0.39, 0.29) is 25.0 Å². The molecule has 0 saturated heterocycles. The standard InChI is InChI=1S/C8H12GeP.Cu/c1-10(2)8-6-4-3-5-7(8)9;/h3-6H,9H2,1-2H3;/p+1. The Morgan fingerprint density at radius 1 is 1.18 bits per heavy atom. The van der Waals surface area contributed by atoms with Crippen LogP contribution in [0.15, 0.2) is 24.3 Å². The van der Waals surface area contributed by atoms with E-state index in [2.05, 4.69) is 37.6 Å². The molecule has 0 spiro atoms. The van der Waals surface area contributed by atoms with Gasteiger partial charge in [-0.05, 0) is 0 Å². The summed E-state index contributed by atoms with van der Waals surface area (Å²) >= 11 is 1.30. The summed E-state index contributed by atoms with van der Waals surface area (Å²) in [6.45, 7) is 4.69. The van der Waals surface area contributed by atoms with E-state index in [0.29, 0.717) is 0 Å². The zero-order valence-electron chi connectivity index (χ0n) is 6.82. The van der Waals surface area contributed by atoms with Crippen LogP contribution in [0.25, 0.3) is 0 Å². The van der Waals surface area contributed by atoms with Crippen LogP contribution < -0.4 is 9.70 Å². The van der Waals surface area contributed by atoms with Crippen molar-refractivity contribution in [2.24, 2.45) is 0 Å². The molecule has 0 aliphatic heterocycles. The second kappa shape index (κ2) is 5.37. The number of rotatable bonds is 1. The SMILES string of the molecule is C[PH+](C)c1cccc[c]1[GeH2].[Cu]. The molecular formula is C8H13CuGeP+. The van der Waals surface area contributed by atoms with Crippen molar-refractivity contribution >= 4 is 34.1 Å². The fourth-order valence-electron chi connectivity index (χ4n) is 1.01. The Bertz CT molecular complexity index is 225. The monoisotopic (exact) mass is 277 g/mol. The molecule has 0 fully saturated rings. The molecule has 0 aromatic heterocycles. The van der Waals surface area contributed by atoms with Crippen molar-refractivity contribution < 1.29 is 17.1 Å². The first-order chi connectivity index (χ1) is 4.72. The predicted octanol–water partition coefficient (Wildman–Crippen LogP) is 0.0416. The van der Waals surface area contributed by atoms with E-state index >= 15 is 0 Å². The molecule has 0 bridgehead atoms. The number of hydrogen-bond donors (Lipinski definition) is 0. The zero-order valence-corrected chi connectivity index (χ0v) is 11.7. The Labute approximate surface area is 88.6 Å². The van der Waals surface area contributed by atoms with Gasteiger partial charge in [0.2, 0.25) is 0 Å². The molecule has 0 atom stereocenters. The average Bonchev–Trinajstić information content (AvgIpc) is 1.88. The van der Waals surface area contributed by atoms with Crippen molar-refractivity contribution in [3.05, 3.63) is 24.3 Å². The second-order valence-electron chi connectivity index (χ2n) is 2.66. The minimum atomic E-state index is -0.211. The van der Waals surface area contributed by atoms with Gasteiger partial charge in [-0.15, -0.1) is 0 Å². The summed E-state index contributed by atoms with van der Waals surface area (Å²) < 4.78 is 1.57. The van der Waals surface area contributed by atoms with Crippen molar-refractivity contribution in [3.63, 3.8) is 0 Å². The van der Waals surface area contributed by atoms with E-state index in [0.717, 1.165) is 0 Å². The Morgan fingerprint density at radius 2 is 1.73 bits per heavy atom. The van der Waals surface area contributed by atoms with Gasteiger partial charge in [-0.2, -0.15) is 0 Å². The van der Waals surface area contributed by atoms with E-state index in [1.165, 1.54) is 16.5 Å². The molecular weight excluding hydrogens is 263 g/mol. The van der Waals surface area contributed by atoms with Crippen molar-refractivity contribution in [1.29, 1.82) is 0 Å². The fraction of sp³-hybridized carbons (Fsp3) is 0.250. The third kappa shape index (κ3) is 3.29. The molecule has 1 aromatic carbocycles. The van der Waals surface area contributed by atoms with Gasteiger partial charge >= 0.3 is 71.7 Å². The zero-order chi connectivity index (χ0) is 7.56. The summed E-state index contributed by atoms with van der Waals surface area (Å²) in [7, 11) is -0.211. The summed E-state index contributed by atoms with van der Waals surface area (Å²) in [6.07, 6.45) is 0. The molecule has 3 heteroatoms. The maximum atomic E-state index is 2.35. The van der Waals surface area contributed by atoms with E-state index in [4.69, 9.17) is 0 Å². The first-order valence-corrected chi connectivity index (χ1v) is 7.41. The summed E-state index contributed by atoms with van der Waals surface area (Å²) in [5.74, 6) is 0. The fourth-order valence-corrected chi connectivity index (χ4v) is 4.92. The van der Waals surface area contributed by atoms with Crippen LogP contribution in [0, 0.1) is 0 Å². The van der Waals surface area contributed by atoms with E-state index in [9.17, 15) is 0 Å². The average molecular weight is 276 g/mol. The summed E-state index contributed by atoms with van der Waals surface area (Å²) in [5, 5.41) is 1.62. The Kier molecular flexibility index (Phi) is 5.72. The molecule has 0 nitrogen and oxygen atoms in total. The third-order valence-corrected chi connectivity index (χ3v) is 5.16. The topological polar surface area (TPSA) is 0 Å². The van der Waals surface area contributed by atoms with E-state index in [1.807, 2.05) is 0 Å². The minimum Gasteiger partial charge on any atom is 0 e. The third-order valence-electron chi connectivity index (χ3n) is 1.56. The molecule has 0 amide bonds. The molecule has 0 aliphatic rings. The molecule has 0 saturated carbocycles. The predicted molar refractivity (Wildman–Crippen MR) is 54.4 cm³/mol. The minimum absolute atomic E-state index is 0. The first-order valence-electron chi connectivity index (χ1n) is 3.43. The molecule has 2 radical (unpaired) electrons. The van der Waals surface area contributed by atoms with Crippen molar-refractivity contribution in [3.8, 4) is 0 Å². The van der Waals surface area contributed by atoms with Gasteiger partial charge in [-0.25, -0.2) is 0 Å². The van der Waals surface area contributed by atoms with Crippen LogP contribution in [0.3, 0.4) is 0 Å². The Balaban J connectivity index is 0.000001000. The maximum Gasteiger partial charge on any atom is 0 e. The molecule has 1 rings (SSSR count). The molecule has 1 aromatic rings. The van der Waals surface area contributed by atoms with Crippen LogP contribution in [0.5, 0.6) is 0 Å². The molecule has 11 heavy (non-hydrogen) atoms. The molecule has 0 aliphatic carbocycles. The van der Waals surface area contributed by atoms with Gasteiger partial charge in [0, 0.05) is 17.1 Å². The summed E-state index contributed by atoms with van der Waals surface area (Å²) in [5.41, 5.74) is 0.